The molecule has 2 atom stereocenters. The lowest BCUT2D eigenvalue weighted by molar-refractivity contribution is 0.490. The normalized spacial score (nSPS) is 27.6. The van der Waals surface area contributed by atoms with Crippen LogP contribution in [0.5, 0.6) is 0 Å². The van der Waals surface area contributed by atoms with E-state index in [0.717, 1.165) is 18.5 Å². The van der Waals surface area contributed by atoms with Gasteiger partial charge in [0.25, 0.3) is 0 Å². The summed E-state index contributed by atoms with van der Waals surface area (Å²) in [7, 11) is 0. The molecule has 0 heterocycles. The maximum atomic E-state index is 3.60. The third-order valence-corrected chi connectivity index (χ3v) is 3.04. The molecule has 0 amide bonds. The van der Waals surface area contributed by atoms with Crippen molar-refractivity contribution in [2.75, 3.05) is 6.54 Å². The van der Waals surface area contributed by atoms with Gasteiger partial charge in [0, 0.05) is 12.6 Å². The van der Waals surface area contributed by atoms with E-state index in [4.69, 9.17) is 0 Å². The molecule has 76 valence electrons. The maximum Gasteiger partial charge on any atom is 0.0139 e. The molecule has 0 saturated heterocycles. The Morgan fingerprint density at radius 3 is 2.69 bits per heavy atom. The van der Waals surface area contributed by atoms with Gasteiger partial charge in [-0.1, -0.05) is 25.0 Å². The van der Waals surface area contributed by atoms with Crippen molar-refractivity contribution in [2.24, 2.45) is 5.92 Å². The topological polar surface area (TPSA) is 12.0 Å². The predicted molar refractivity (Wildman–Crippen MR) is 58.9 cm³/mol. The summed E-state index contributed by atoms with van der Waals surface area (Å²) in [6.45, 7) is 7.68. The molecule has 2 unspecified atom stereocenters. The zero-order chi connectivity index (χ0) is 9.68. The molecule has 1 rings (SSSR count). The van der Waals surface area contributed by atoms with Crippen molar-refractivity contribution >= 4 is 0 Å². The van der Waals surface area contributed by atoms with Crippen LogP contribution in [0.2, 0.25) is 0 Å². The highest BCUT2D eigenvalue weighted by atomic mass is 14.9. The Balaban J connectivity index is 2.14. The largest absolute Gasteiger partial charge is 0.311 e. The number of hydrogen-bond donors (Lipinski definition) is 1. The van der Waals surface area contributed by atoms with Crippen LogP contribution in [-0.4, -0.2) is 12.6 Å². The second-order valence-corrected chi connectivity index (χ2v) is 4.47. The molecule has 0 aromatic heterocycles. The van der Waals surface area contributed by atoms with E-state index in [0.29, 0.717) is 0 Å². The minimum Gasteiger partial charge on any atom is -0.311 e. The van der Waals surface area contributed by atoms with E-state index in [1.54, 1.807) is 0 Å². The highest BCUT2D eigenvalue weighted by Crippen LogP contribution is 2.27. The third kappa shape index (κ3) is 3.95. The first kappa shape index (κ1) is 10.8. The van der Waals surface area contributed by atoms with Crippen molar-refractivity contribution in [3.8, 4) is 0 Å². The highest BCUT2D eigenvalue weighted by Gasteiger charge is 2.21. The standard InChI is InChI=1S/C12H23N/c1-4-11-5-6-12(9-11)13-8-7-10(2)3/h7,11-13H,4-6,8-9H2,1-3H3. The van der Waals surface area contributed by atoms with E-state index in [1.165, 1.54) is 31.3 Å². The van der Waals surface area contributed by atoms with E-state index in [-0.39, 0.29) is 0 Å². The van der Waals surface area contributed by atoms with Gasteiger partial charge in [0.15, 0.2) is 0 Å². The molecule has 1 fully saturated rings. The summed E-state index contributed by atoms with van der Waals surface area (Å²) in [4.78, 5) is 0. The lowest BCUT2D eigenvalue weighted by Gasteiger charge is -2.10. The van der Waals surface area contributed by atoms with Gasteiger partial charge >= 0.3 is 0 Å². The van der Waals surface area contributed by atoms with Gasteiger partial charge in [-0.3, -0.25) is 0 Å². The minimum atomic E-state index is 0.792. The molecule has 1 aliphatic rings. The number of rotatable bonds is 4. The van der Waals surface area contributed by atoms with E-state index in [9.17, 15) is 0 Å². The summed E-state index contributed by atoms with van der Waals surface area (Å²) in [6, 6.07) is 0.792. The molecular formula is C12H23N. The van der Waals surface area contributed by atoms with Gasteiger partial charge < -0.3 is 5.32 Å². The molecule has 0 aliphatic heterocycles. The van der Waals surface area contributed by atoms with Crippen molar-refractivity contribution < 1.29 is 0 Å². The molecule has 1 saturated carbocycles. The van der Waals surface area contributed by atoms with Gasteiger partial charge in [-0.05, 0) is 39.0 Å². The Labute approximate surface area is 82.6 Å². The van der Waals surface area contributed by atoms with Crippen LogP contribution in [0.25, 0.3) is 0 Å². The van der Waals surface area contributed by atoms with Gasteiger partial charge in [-0.15, -0.1) is 0 Å². The van der Waals surface area contributed by atoms with Gasteiger partial charge in [0.1, 0.15) is 0 Å². The quantitative estimate of drug-likeness (QED) is 0.657. The van der Waals surface area contributed by atoms with E-state index in [2.05, 4.69) is 32.2 Å². The fourth-order valence-electron chi connectivity index (χ4n) is 2.06. The SMILES string of the molecule is CCC1CCC(NCC=C(C)C)C1. The Bertz CT molecular complexity index is 168. The molecule has 0 aromatic rings. The van der Waals surface area contributed by atoms with Crippen molar-refractivity contribution in [3.63, 3.8) is 0 Å². The van der Waals surface area contributed by atoms with Gasteiger partial charge in [-0.2, -0.15) is 0 Å². The molecule has 1 aliphatic carbocycles. The fraction of sp³-hybridized carbons (Fsp3) is 0.833. The molecule has 0 spiro atoms. The summed E-state index contributed by atoms with van der Waals surface area (Å²) in [5, 5.41) is 3.60. The molecule has 1 nitrogen and oxygen atoms in total. The number of hydrogen-bond acceptors (Lipinski definition) is 1. The van der Waals surface area contributed by atoms with E-state index in [1.807, 2.05) is 0 Å². The van der Waals surface area contributed by atoms with Crippen LogP contribution in [0.1, 0.15) is 46.5 Å². The molecular weight excluding hydrogens is 158 g/mol. The second kappa shape index (κ2) is 5.43. The van der Waals surface area contributed by atoms with Crippen LogP contribution in [0.4, 0.5) is 0 Å². The van der Waals surface area contributed by atoms with Crippen LogP contribution >= 0.6 is 0 Å². The predicted octanol–water partition coefficient (Wildman–Crippen LogP) is 3.12. The first-order chi connectivity index (χ1) is 6.22. The van der Waals surface area contributed by atoms with Crippen molar-refractivity contribution in [1.29, 1.82) is 0 Å². The van der Waals surface area contributed by atoms with E-state index < -0.39 is 0 Å². The smallest absolute Gasteiger partial charge is 0.0139 e. The van der Waals surface area contributed by atoms with Crippen molar-refractivity contribution in [3.05, 3.63) is 11.6 Å². The zero-order valence-electron chi connectivity index (χ0n) is 9.27. The van der Waals surface area contributed by atoms with Crippen LogP contribution in [0.15, 0.2) is 11.6 Å². The Kier molecular flexibility index (Phi) is 4.51. The monoisotopic (exact) mass is 181 g/mol. The fourth-order valence-corrected chi connectivity index (χ4v) is 2.06. The molecule has 0 aromatic carbocycles. The zero-order valence-corrected chi connectivity index (χ0v) is 9.27. The van der Waals surface area contributed by atoms with Crippen LogP contribution in [0, 0.1) is 5.92 Å². The first-order valence-electron chi connectivity index (χ1n) is 5.59. The lowest BCUT2D eigenvalue weighted by Crippen LogP contribution is -2.26. The number of nitrogens with one attached hydrogen (secondary N) is 1. The molecule has 1 heteroatoms. The summed E-state index contributed by atoms with van der Waals surface area (Å²) in [5.41, 5.74) is 1.41. The third-order valence-electron chi connectivity index (χ3n) is 3.04. The average Bonchev–Trinajstić information content (AvgIpc) is 2.52. The lowest BCUT2D eigenvalue weighted by atomic mass is 10.1. The molecule has 1 N–H and O–H groups in total. The Hall–Kier alpha value is -0.300. The van der Waals surface area contributed by atoms with Crippen LogP contribution in [-0.2, 0) is 0 Å². The van der Waals surface area contributed by atoms with Crippen LogP contribution in [0.3, 0.4) is 0 Å². The molecule has 0 bridgehead atoms. The first-order valence-corrected chi connectivity index (χ1v) is 5.59. The van der Waals surface area contributed by atoms with Crippen molar-refractivity contribution in [2.45, 2.75) is 52.5 Å². The minimum absolute atomic E-state index is 0.792. The van der Waals surface area contributed by atoms with Crippen molar-refractivity contribution in [1.82, 2.24) is 5.32 Å². The maximum absolute atomic E-state index is 3.60. The molecule has 0 radical (unpaired) electrons. The summed E-state index contributed by atoms with van der Waals surface area (Å²) in [6.07, 6.45) is 7.85. The highest BCUT2D eigenvalue weighted by molar-refractivity contribution is 4.95. The summed E-state index contributed by atoms with van der Waals surface area (Å²) in [5.74, 6) is 0.990. The second-order valence-electron chi connectivity index (χ2n) is 4.47. The van der Waals surface area contributed by atoms with Crippen LogP contribution < -0.4 is 5.32 Å². The molecule has 13 heavy (non-hydrogen) atoms. The summed E-state index contributed by atoms with van der Waals surface area (Å²) < 4.78 is 0. The van der Waals surface area contributed by atoms with Gasteiger partial charge in [0.2, 0.25) is 0 Å². The van der Waals surface area contributed by atoms with E-state index >= 15 is 0 Å². The van der Waals surface area contributed by atoms with Gasteiger partial charge in [-0.25, -0.2) is 0 Å². The van der Waals surface area contributed by atoms with Gasteiger partial charge in [0.05, 0.1) is 0 Å². The average molecular weight is 181 g/mol. The Morgan fingerprint density at radius 1 is 1.38 bits per heavy atom. The summed E-state index contributed by atoms with van der Waals surface area (Å²) >= 11 is 0. The number of allylic oxidation sites excluding steroid dienone is 1. The Morgan fingerprint density at radius 2 is 2.15 bits per heavy atom.